The summed E-state index contributed by atoms with van der Waals surface area (Å²) in [6, 6.07) is -1.44. The Kier molecular flexibility index (Phi) is 2.70. The van der Waals surface area contributed by atoms with Crippen LogP contribution in [0.5, 0.6) is 0 Å². The third-order valence-electron chi connectivity index (χ3n) is 2.15. The quantitative estimate of drug-likeness (QED) is 0.641. The molecule has 1 aliphatic carbocycles. The first-order valence-electron chi connectivity index (χ1n) is 4.03. The largest absolute Gasteiger partial charge is 0.444 e. The number of hydrogen-bond acceptors (Lipinski definition) is 3. The molecule has 0 aromatic heterocycles. The Morgan fingerprint density at radius 2 is 2.15 bits per heavy atom. The number of ether oxygens (including phenoxy) is 1. The molecule has 0 unspecified atom stereocenters. The molecule has 6 heteroatoms. The molecule has 4 N–H and O–H groups in total. The number of halogens is 2. The predicted octanol–water partition coefficient (Wildman–Crippen LogP) is 0.597. The van der Waals surface area contributed by atoms with Gasteiger partial charge in [0.05, 0.1) is 0 Å². The lowest BCUT2D eigenvalue weighted by molar-refractivity contribution is -0.0963. The average molecular weight is 194 g/mol. The lowest BCUT2D eigenvalue weighted by atomic mass is 9.89. The van der Waals surface area contributed by atoms with Crippen LogP contribution in [0.3, 0.4) is 0 Å². The molecule has 1 saturated carbocycles. The third kappa shape index (κ3) is 2.27. The molecule has 0 bridgehead atoms. The van der Waals surface area contributed by atoms with E-state index < -0.39 is 24.2 Å². The molecule has 0 spiro atoms. The van der Waals surface area contributed by atoms with Crippen LogP contribution in [0.1, 0.15) is 19.3 Å². The number of amides is 1. The van der Waals surface area contributed by atoms with Gasteiger partial charge in [-0.2, -0.15) is 0 Å². The summed E-state index contributed by atoms with van der Waals surface area (Å²) < 4.78 is 30.4. The number of alkyl halides is 2. The molecule has 13 heavy (non-hydrogen) atoms. The van der Waals surface area contributed by atoms with Gasteiger partial charge >= 0.3 is 6.09 Å². The SMILES string of the molecule is NC(=O)O[C@@H]1CCCC(F)(F)[C@@H]1N. The van der Waals surface area contributed by atoms with Crippen molar-refractivity contribution >= 4 is 6.09 Å². The zero-order valence-electron chi connectivity index (χ0n) is 7.00. The maximum atomic E-state index is 12.9. The van der Waals surface area contributed by atoms with Crippen molar-refractivity contribution in [2.75, 3.05) is 0 Å². The van der Waals surface area contributed by atoms with E-state index in [-0.39, 0.29) is 6.42 Å². The van der Waals surface area contributed by atoms with E-state index in [9.17, 15) is 13.6 Å². The maximum Gasteiger partial charge on any atom is 0.404 e. The second-order valence-electron chi connectivity index (χ2n) is 3.15. The fourth-order valence-corrected chi connectivity index (χ4v) is 1.44. The van der Waals surface area contributed by atoms with Crippen LogP contribution in [-0.4, -0.2) is 24.2 Å². The Hall–Kier alpha value is -0.910. The Bertz CT molecular complexity index is 211. The van der Waals surface area contributed by atoms with Gasteiger partial charge in [0.2, 0.25) is 0 Å². The molecule has 76 valence electrons. The monoisotopic (exact) mass is 194 g/mol. The number of hydrogen-bond donors (Lipinski definition) is 2. The second-order valence-corrected chi connectivity index (χ2v) is 3.15. The predicted molar refractivity (Wildman–Crippen MR) is 41.2 cm³/mol. The number of carbonyl (C=O) groups excluding carboxylic acids is 1. The Morgan fingerprint density at radius 3 is 2.69 bits per heavy atom. The van der Waals surface area contributed by atoms with E-state index in [0.29, 0.717) is 12.8 Å². The summed E-state index contributed by atoms with van der Waals surface area (Å²) in [5, 5.41) is 0. The van der Waals surface area contributed by atoms with Gasteiger partial charge in [0.25, 0.3) is 5.92 Å². The molecule has 1 aliphatic rings. The summed E-state index contributed by atoms with van der Waals surface area (Å²) in [6.45, 7) is 0. The van der Waals surface area contributed by atoms with Gasteiger partial charge in [-0.1, -0.05) is 0 Å². The van der Waals surface area contributed by atoms with Crippen molar-refractivity contribution < 1.29 is 18.3 Å². The average Bonchev–Trinajstić information content (AvgIpc) is 1.98. The van der Waals surface area contributed by atoms with E-state index in [1.807, 2.05) is 0 Å². The summed E-state index contributed by atoms with van der Waals surface area (Å²) in [5.41, 5.74) is 9.93. The van der Waals surface area contributed by atoms with E-state index in [2.05, 4.69) is 4.74 Å². The molecule has 2 atom stereocenters. The van der Waals surface area contributed by atoms with Gasteiger partial charge in [-0.3, -0.25) is 0 Å². The van der Waals surface area contributed by atoms with Crippen LogP contribution in [0.4, 0.5) is 13.6 Å². The van der Waals surface area contributed by atoms with Crippen molar-refractivity contribution in [1.82, 2.24) is 0 Å². The van der Waals surface area contributed by atoms with Crippen LogP contribution in [0.2, 0.25) is 0 Å². The van der Waals surface area contributed by atoms with Crippen molar-refractivity contribution in [3.05, 3.63) is 0 Å². The van der Waals surface area contributed by atoms with Gasteiger partial charge in [-0.25, -0.2) is 13.6 Å². The lowest BCUT2D eigenvalue weighted by Gasteiger charge is -2.34. The smallest absolute Gasteiger partial charge is 0.404 e. The van der Waals surface area contributed by atoms with Crippen LogP contribution in [0.25, 0.3) is 0 Å². The topological polar surface area (TPSA) is 78.3 Å². The van der Waals surface area contributed by atoms with E-state index in [4.69, 9.17) is 11.5 Å². The number of primary amides is 1. The zero-order valence-corrected chi connectivity index (χ0v) is 7.00. The van der Waals surface area contributed by atoms with E-state index in [1.54, 1.807) is 0 Å². The van der Waals surface area contributed by atoms with E-state index in [0.717, 1.165) is 0 Å². The van der Waals surface area contributed by atoms with Crippen LogP contribution < -0.4 is 11.5 Å². The van der Waals surface area contributed by atoms with Crippen molar-refractivity contribution in [3.63, 3.8) is 0 Å². The summed E-state index contributed by atoms with van der Waals surface area (Å²) in [6.07, 6.45) is -1.63. The highest BCUT2D eigenvalue weighted by Crippen LogP contribution is 2.33. The maximum absolute atomic E-state index is 12.9. The Labute approximate surface area is 74.2 Å². The molecule has 1 rings (SSSR count). The van der Waals surface area contributed by atoms with Gasteiger partial charge in [0.1, 0.15) is 12.1 Å². The standard InChI is InChI=1S/C7H12F2N2O2/c8-7(9)3-1-2-4(5(7)10)13-6(11)12/h4-5H,1-3,10H2,(H2,11,12)/t4-,5-/m1/s1. The van der Waals surface area contributed by atoms with Gasteiger partial charge < -0.3 is 16.2 Å². The molecule has 0 saturated heterocycles. The third-order valence-corrected chi connectivity index (χ3v) is 2.15. The molecule has 0 heterocycles. The molecule has 1 fully saturated rings. The summed E-state index contributed by atoms with van der Waals surface area (Å²) >= 11 is 0. The highest BCUT2D eigenvalue weighted by molar-refractivity contribution is 5.64. The van der Waals surface area contributed by atoms with Crippen LogP contribution in [0.15, 0.2) is 0 Å². The first-order chi connectivity index (χ1) is 5.93. The van der Waals surface area contributed by atoms with Gasteiger partial charge in [-0.05, 0) is 12.8 Å². The molecule has 0 aliphatic heterocycles. The van der Waals surface area contributed by atoms with Crippen molar-refractivity contribution in [3.8, 4) is 0 Å². The minimum absolute atomic E-state index is 0.257. The fourth-order valence-electron chi connectivity index (χ4n) is 1.44. The van der Waals surface area contributed by atoms with Gasteiger partial charge in [-0.15, -0.1) is 0 Å². The number of rotatable bonds is 1. The molecule has 0 radical (unpaired) electrons. The molecule has 0 aromatic rings. The molecule has 4 nitrogen and oxygen atoms in total. The van der Waals surface area contributed by atoms with Gasteiger partial charge in [0.15, 0.2) is 0 Å². The fraction of sp³-hybridized carbons (Fsp3) is 0.857. The van der Waals surface area contributed by atoms with Gasteiger partial charge in [0, 0.05) is 6.42 Å². The van der Waals surface area contributed by atoms with Crippen molar-refractivity contribution in [2.24, 2.45) is 11.5 Å². The number of carbonyl (C=O) groups is 1. The second kappa shape index (κ2) is 3.45. The molecular formula is C7H12F2N2O2. The van der Waals surface area contributed by atoms with Crippen molar-refractivity contribution in [1.29, 1.82) is 0 Å². The van der Waals surface area contributed by atoms with Crippen LogP contribution >= 0.6 is 0 Å². The lowest BCUT2D eigenvalue weighted by Crippen LogP contribution is -2.54. The normalized spacial score (nSPS) is 32.5. The Morgan fingerprint density at radius 1 is 1.54 bits per heavy atom. The van der Waals surface area contributed by atoms with Crippen LogP contribution in [0, 0.1) is 0 Å². The first kappa shape index (κ1) is 10.2. The van der Waals surface area contributed by atoms with E-state index >= 15 is 0 Å². The summed E-state index contributed by atoms with van der Waals surface area (Å²) in [4.78, 5) is 10.3. The highest BCUT2D eigenvalue weighted by atomic mass is 19.3. The summed E-state index contributed by atoms with van der Waals surface area (Å²) in [7, 11) is 0. The number of nitrogens with two attached hydrogens (primary N) is 2. The minimum Gasteiger partial charge on any atom is -0.444 e. The zero-order chi connectivity index (χ0) is 10.1. The molecular weight excluding hydrogens is 182 g/mol. The highest BCUT2D eigenvalue weighted by Gasteiger charge is 2.46. The Balaban J connectivity index is 2.60. The van der Waals surface area contributed by atoms with Crippen molar-refractivity contribution in [2.45, 2.75) is 37.3 Å². The minimum atomic E-state index is -2.96. The summed E-state index contributed by atoms with van der Waals surface area (Å²) in [5.74, 6) is -2.96. The first-order valence-corrected chi connectivity index (χ1v) is 4.03. The van der Waals surface area contributed by atoms with E-state index in [1.165, 1.54) is 0 Å². The van der Waals surface area contributed by atoms with Crippen LogP contribution in [-0.2, 0) is 4.74 Å². The molecule has 0 aromatic carbocycles. The molecule has 1 amide bonds.